The average molecular weight is 592 g/mol. The molecule has 4 rings (SSSR count). The van der Waals surface area contributed by atoms with Gasteiger partial charge in [0.25, 0.3) is 0 Å². The van der Waals surface area contributed by atoms with Crippen LogP contribution in [0.5, 0.6) is 5.75 Å². The normalized spacial score (nSPS) is 19.1. The van der Waals surface area contributed by atoms with Gasteiger partial charge in [-0.3, -0.25) is 15.0 Å². The number of halogens is 2. The number of carbonyl (C=O) groups is 1. The summed E-state index contributed by atoms with van der Waals surface area (Å²) in [5, 5.41) is 15.4. The first-order valence-electron chi connectivity index (χ1n) is 14.5. The Morgan fingerprint density at radius 3 is 2.33 bits per heavy atom. The van der Waals surface area contributed by atoms with Gasteiger partial charge < -0.3 is 19.6 Å². The van der Waals surface area contributed by atoms with Crippen LogP contribution in [-0.2, 0) is 11.2 Å². The van der Waals surface area contributed by atoms with E-state index in [1.807, 2.05) is 46.2 Å². The van der Waals surface area contributed by atoms with Crippen LogP contribution < -0.4 is 10.1 Å². The predicted molar refractivity (Wildman–Crippen MR) is 162 cm³/mol. The fourth-order valence-corrected chi connectivity index (χ4v) is 6.05. The lowest BCUT2D eigenvalue weighted by Crippen LogP contribution is -2.56. The number of benzene rings is 2. The second-order valence-electron chi connectivity index (χ2n) is 11.3. The molecular weight excluding hydrogens is 547 g/mol. The van der Waals surface area contributed by atoms with Crippen LogP contribution in [0.3, 0.4) is 0 Å². The van der Waals surface area contributed by atoms with E-state index in [2.05, 4.69) is 37.3 Å². The van der Waals surface area contributed by atoms with E-state index in [0.717, 1.165) is 62.1 Å². The summed E-state index contributed by atoms with van der Waals surface area (Å²) in [6, 6.07) is 13.3. The van der Waals surface area contributed by atoms with Gasteiger partial charge in [0.2, 0.25) is 5.91 Å². The maximum Gasteiger partial charge on any atom is 0.240 e. The van der Waals surface area contributed by atoms with Crippen molar-refractivity contribution in [2.45, 2.75) is 69.8 Å². The molecule has 7 nitrogen and oxygen atoms in total. The molecule has 3 atom stereocenters. The summed E-state index contributed by atoms with van der Waals surface area (Å²) in [5.41, 5.74) is 2.16. The van der Waals surface area contributed by atoms with Crippen molar-refractivity contribution in [1.29, 1.82) is 0 Å². The van der Waals surface area contributed by atoms with Crippen LogP contribution >= 0.6 is 23.2 Å². The van der Waals surface area contributed by atoms with E-state index in [9.17, 15) is 9.90 Å². The van der Waals surface area contributed by atoms with Crippen molar-refractivity contribution in [2.24, 2.45) is 0 Å². The Balaban J connectivity index is 1.42. The smallest absolute Gasteiger partial charge is 0.240 e. The molecule has 2 saturated heterocycles. The highest BCUT2D eigenvalue weighted by molar-refractivity contribution is 6.30. The van der Waals surface area contributed by atoms with Crippen LogP contribution in [0.2, 0.25) is 10.0 Å². The molecule has 2 aliphatic rings. The lowest BCUT2D eigenvalue weighted by molar-refractivity contribution is -0.137. The van der Waals surface area contributed by atoms with Crippen molar-refractivity contribution in [3.63, 3.8) is 0 Å². The molecule has 2 fully saturated rings. The molecule has 2 aliphatic heterocycles. The summed E-state index contributed by atoms with van der Waals surface area (Å²) < 4.78 is 6.31. The highest BCUT2D eigenvalue weighted by Gasteiger charge is 2.32. The number of nitrogens with zero attached hydrogens (tertiary/aromatic N) is 3. The van der Waals surface area contributed by atoms with E-state index in [0.29, 0.717) is 42.2 Å². The number of hydrogen-bond donors (Lipinski definition) is 2. The number of rotatable bonds is 12. The van der Waals surface area contributed by atoms with Gasteiger partial charge in [-0.2, -0.15) is 0 Å². The zero-order valence-electron chi connectivity index (χ0n) is 24.0. The van der Waals surface area contributed by atoms with Crippen LogP contribution in [0.1, 0.15) is 56.1 Å². The molecule has 2 N–H and O–H groups in total. The summed E-state index contributed by atoms with van der Waals surface area (Å²) in [4.78, 5) is 19.9. The highest BCUT2D eigenvalue weighted by Crippen LogP contribution is 2.36. The first kappa shape index (κ1) is 31.1. The minimum atomic E-state index is -0.843. The first-order valence-corrected chi connectivity index (χ1v) is 15.3. The molecule has 2 heterocycles. The molecular formula is C31H44Cl2N4O3. The van der Waals surface area contributed by atoms with Gasteiger partial charge in [0.15, 0.2) is 6.35 Å². The average Bonchev–Trinajstić information content (AvgIpc) is 3.49. The Kier molecular flexibility index (Phi) is 11.5. The van der Waals surface area contributed by atoms with Crippen molar-refractivity contribution in [1.82, 2.24) is 20.0 Å². The second kappa shape index (κ2) is 14.9. The number of carbonyl (C=O) groups excluding carboxylic acids is 1. The monoisotopic (exact) mass is 590 g/mol. The molecule has 0 spiro atoms. The van der Waals surface area contributed by atoms with Gasteiger partial charge in [-0.15, -0.1) is 0 Å². The maximum atomic E-state index is 13.8. The molecule has 0 aliphatic carbocycles. The number of aliphatic hydroxyl groups is 1. The third-order valence-electron chi connectivity index (χ3n) is 8.34. The Bertz CT molecular complexity index is 1090. The van der Waals surface area contributed by atoms with E-state index in [-0.39, 0.29) is 11.8 Å². The van der Waals surface area contributed by atoms with Gasteiger partial charge >= 0.3 is 0 Å². The summed E-state index contributed by atoms with van der Waals surface area (Å²) in [5.74, 6) is 1.15. The number of hydrogen-bond acceptors (Lipinski definition) is 6. The molecule has 0 radical (unpaired) electrons. The molecule has 9 heteroatoms. The van der Waals surface area contributed by atoms with Gasteiger partial charge in [-0.25, -0.2) is 0 Å². The molecule has 220 valence electrons. The summed E-state index contributed by atoms with van der Waals surface area (Å²) >= 11 is 12.4. The van der Waals surface area contributed by atoms with Gasteiger partial charge in [0.05, 0.1) is 6.04 Å². The van der Waals surface area contributed by atoms with Crippen LogP contribution in [0.15, 0.2) is 42.5 Å². The SMILES string of the molecule is CC[C@H](COc1cc(Cl)ccc1C1CCN(C(=O)[C@@H](Cc2ccc(Cl)cc2)NC(O)N2CCCC2)CC1)N(C)C. The topological polar surface area (TPSA) is 68.3 Å². The van der Waals surface area contributed by atoms with Crippen LogP contribution in [0, 0.1) is 0 Å². The minimum Gasteiger partial charge on any atom is -0.492 e. The molecule has 2 aromatic carbocycles. The quantitative estimate of drug-likeness (QED) is 0.339. The zero-order chi connectivity index (χ0) is 28.6. The van der Waals surface area contributed by atoms with Crippen LogP contribution in [0.25, 0.3) is 0 Å². The van der Waals surface area contributed by atoms with E-state index >= 15 is 0 Å². The second-order valence-corrected chi connectivity index (χ2v) is 12.2. The lowest BCUT2D eigenvalue weighted by atomic mass is 9.88. The van der Waals surface area contributed by atoms with E-state index in [1.54, 1.807) is 0 Å². The standard InChI is InChI=1S/C31H44Cl2N4O3/c1-4-26(35(2)3)21-40-29-20-25(33)11-12-27(29)23-13-17-36(18-14-23)30(38)28(19-22-7-9-24(32)10-8-22)34-31(39)37-15-5-6-16-37/h7-12,20,23,26,28,31,34,39H,4-6,13-19,21H2,1-3H3/t26-,28-,31?/m1/s1. The van der Waals surface area contributed by atoms with E-state index in [1.165, 1.54) is 0 Å². The van der Waals surface area contributed by atoms with Crippen molar-refractivity contribution in [2.75, 3.05) is 46.9 Å². The summed E-state index contributed by atoms with van der Waals surface area (Å²) in [7, 11) is 4.14. The van der Waals surface area contributed by atoms with Crippen LogP contribution in [-0.4, -0.2) is 91.0 Å². The molecule has 1 unspecified atom stereocenters. The third kappa shape index (κ3) is 8.34. The maximum absolute atomic E-state index is 13.8. The number of ether oxygens (including phenoxy) is 1. The van der Waals surface area contributed by atoms with Crippen molar-refractivity contribution in [3.05, 3.63) is 63.6 Å². The van der Waals surface area contributed by atoms with Gasteiger partial charge in [0.1, 0.15) is 12.4 Å². The van der Waals surface area contributed by atoms with Gasteiger partial charge in [-0.05, 0) is 93.9 Å². The molecule has 1 amide bonds. The van der Waals surface area contributed by atoms with E-state index in [4.69, 9.17) is 27.9 Å². The minimum absolute atomic E-state index is 0.0241. The zero-order valence-corrected chi connectivity index (χ0v) is 25.5. The summed E-state index contributed by atoms with van der Waals surface area (Å²) in [6.45, 7) is 5.74. The molecule has 0 aromatic heterocycles. The Labute approximate surface area is 249 Å². The number of aliphatic hydroxyl groups excluding tert-OH is 1. The fraction of sp³-hybridized carbons (Fsp3) is 0.581. The van der Waals surface area contributed by atoms with Gasteiger partial charge in [0, 0.05) is 42.3 Å². The Morgan fingerprint density at radius 1 is 1.05 bits per heavy atom. The number of likely N-dealkylation sites (tertiary alicyclic amines) is 2. The molecule has 0 saturated carbocycles. The largest absolute Gasteiger partial charge is 0.492 e. The van der Waals surface area contributed by atoms with Crippen molar-refractivity contribution < 1.29 is 14.6 Å². The molecule has 40 heavy (non-hydrogen) atoms. The van der Waals surface area contributed by atoms with Crippen molar-refractivity contribution in [3.8, 4) is 5.75 Å². The van der Waals surface area contributed by atoms with Crippen LogP contribution in [0.4, 0.5) is 0 Å². The third-order valence-corrected chi connectivity index (χ3v) is 8.83. The first-order chi connectivity index (χ1) is 19.2. The number of nitrogens with one attached hydrogen (secondary N) is 1. The number of amides is 1. The Morgan fingerprint density at radius 2 is 1.70 bits per heavy atom. The number of likely N-dealkylation sites (N-methyl/N-ethyl adjacent to an activating group) is 1. The molecule has 0 bridgehead atoms. The molecule has 2 aromatic rings. The lowest BCUT2D eigenvalue weighted by Gasteiger charge is -2.36. The number of piperidine rings is 1. The van der Waals surface area contributed by atoms with Gasteiger partial charge in [-0.1, -0.05) is 48.3 Å². The highest BCUT2D eigenvalue weighted by atomic mass is 35.5. The van der Waals surface area contributed by atoms with E-state index < -0.39 is 12.4 Å². The predicted octanol–water partition coefficient (Wildman–Crippen LogP) is 4.99. The van der Waals surface area contributed by atoms with Crippen molar-refractivity contribution >= 4 is 29.1 Å². The Hall–Kier alpha value is -1.87. The fourth-order valence-electron chi connectivity index (χ4n) is 5.77. The summed E-state index contributed by atoms with van der Waals surface area (Å²) in [6.07, 6.45) is 4.46.